The summed E-state index contributed by atoms with van der Waals surface area (Å²) in [5.74, 6) is 1.02. The average molecular weight is 824 g/mol. The van der Waals surface area contributed by atoms with Gasteiger partial charge in [-0.3, -0.25) is 14.5 Å². The van der Waals surface area contributed by atoms with Crippen molar-refractivity contribution < 1.29 is 38.4 Å². The molecule has 61 heavy (non-hydrogen) atoms. The maximum absolute atomic E-state index is 12.7. The number of carboxylic acids is 1. The number of benzene rings is 5. The SMILES string of the molecule is COc1ccc(OC(=O)N(CC(=O)O)Cc2cccc(OCCc3nn(-c4ccccc4)nc3C)c2)cc1.Cc1nn(-c2ccccc2)nc1CCOc1cccc(C=O)c1. The number of nitrogens with zero attached hydrogens (tertiary/aromatic N) is 7. The number of carbonyl (C=O) groups excluding carboxylic acids is 2. The molecule has 2 heterocycles. The van der Waals surface area contributed by atoms with Gasteiger partial charge in [0.2, 0.25) is 0 Å². The highest BCUT2D eigenvalue weighted by Crippen LogP contribution is 2.20. The van der Waals surface area contributed by atoms with Crippen LogP contribution in [-0.4, -0.2) is 85.2 Å². The molecule has 1 N–H and O–H groups in total. The molecular formula is C46H45N7O8. The molecule has 0 aliphatic heterocycles. The Kier molecular flexibility index (Phi) is 14.9. The lowest BCUT2D eigenvalue weighted by molar-refractivity contribution is -0.138. The molecule has 0 atom stereocenters. The third-order valence-corrected chi connectivity index (χ3v) is 9.06. The van der Waals surface area contributed by atoms with Crippen LogP contribution in [0.2, 0.25) is 0 Å². The fraction of sp³-hybridized carbons (Fsp3) is 0.196. The number of rotatable bonds is 17. The van der Waals surface area contributed by atoms with E-state index in [0.717, 1.165) is 45.3 Å². The first-order valence-electron chi connectivity index (χ1n) is 19.4. The normalized spacial score (nSPS) is 10.5. The zero-order chi connectivity index (χ0) is 43.0. The Morgan fingerprint density at radius 2 is 1.16 bits per heavy atom. The van der Waals surface area contributed by atoms with Crippen molar-refractivity contribution in [2.75, 3.05) is 26.9 Å². The maximum atomic E-state index is 12.7. The number of aliphatic carboxylic acids is 1. The summed E-state index contributed by atoms with van der Waals surface area (Å²) in [5, 5.41) is 27.3. The number of ether oxygens (including phenoxy) is 4. The van der Waals surface area contributed by atoms with Gasteiger partial charge in [0.15, 0.2) is 0 Å². The molecule has 15 nitrogen and oxygen atoms in total. The Morgan fingerprint density at radius 3 is 1.69 bits per heavy atom. The monoisotopic (exact) mass is 823 g/mol. The van der Waals surface area contributed by atoms with Crippen molar-refractivity contribution in [1.82, 2.24) is 34.9 Å². The van der Waals surface area contributed by atoms with E-state index in [0.29, 0.717) is 54.4 Å². The lowest BCUT2D eigenvalue weighted by atomic mass is 10.2. The van der Waals surface area contributed by atoms with E-state index in [-0.39, 0.29) is 12.3 Å². The van der Waals surface area contributed by atoms with Crippen LogP contribution >= 0.6 is 0 Å². The van der Waals surface area contributed by atoms with E-state index in [1.165, 1.54) is 7.11 Å². The van der Waals surface area contributed by atoms with Crippen molar-refractivity contribution >= 4 is 18.3 Å². The molecule has 15 heteroatoms. The van der Waals surface area contributed by atoms with Gasteiger partial charge in [-0.1, -0.05) is 60.7 Å². The van der Waals surface area contributed by atoms with E-state index in [1.54, 1.807) is 76.3 Å². The second kappa shape index (κ2) is 21.3. The zero-order valence-corrected chi connectivity index (χ0v) is 34.0. The number of aldehydes is 1. The van der Waals surface area contributed by atoms with Crippen molar-refractivity contribution in [2.24, 2.45) is 0 Å². The number of hydrogen-bond acceptors (Lipinski definition) is 11. The van der Waals surface area contributed by atoms with E-state index in [4.69, 9.17) is 18.9 Å². The number of amides is 1. The van der Waals surface area contributed by atoms with E-state index >= 15 is 0 Å². The molecule has 2 aromatic heterocycles. The topological polar surface area (TPSA) is 173 Å². The molecule has 1 amide bonds. The summed E-state index contributed by atoms with van der Waals surface area (Å²) in [6.45, 7) is 4.21. The van der Waals surface area contributed by atoms with Crippen LogP contribution in [-0.2, 0) is 24.2 Å². The summed E-state index contributed by atoms with van der Waals surface area (Å²) in [4.78, 5) is 39.2. The highest BCUT2D eigenvalue weighted by molar-refractivity contribution is 5.78. The predicted molar refractivity (Wildman–Crippen MR) is 226 cm³/mol. The smallest absolute Gasteiger partial charge is 0.416 e. The molecule has 0 saturated heterocycles. The maximum Gasteiger partial charge on any atom is 0.416 e. The second-order valence-electron chi connectivity index (χ2n) is 13.5. The highest BCUT2D eigenvalue weighted by atomic mass is 16.6. The molecular weight excluding hydrogens is 779 g/mol. The minimum atomic E-state index is -1.15. The number of methoxy groups -OCH3 is 1. The molecule has 7 aromatic rings. The number of carboxylic acid groups (broad SMARTS) is 1. The van der Waals surface area contributed by atoms with Gasteiger partial charge >= 0.3 is 12.1 Å². The largest absolute Gasteiger partial charge is 0.497 e. The Morgan fingerprint density at radius 1 is 0.639 bits per heavy atom. The fourth-order valence-corrected chi connectivity index (χ4v) is 5.95. The minimum absolute atomic E-state index is 0.0308. The van der Waals surface area contributed by atoms with Gasteiger partial charge in [-0.2, -0.15) is 30.0 Å². The van der Waals surface area contributed by atoms with E-state index in [9.17, 15) is 19.5 Å². The standard InChI is InChI=1S/C28H28N4O6.C18H17N3O2/c1-20-26(30-32(29-20)22-8-4-3-5-9-22)15-16-37-25-10-6-7-21(17-25)18-31(19-27(33)34)28(35)38-24-13-11-23(36-2)12-14-24;1-14-18(20-21(19-14)16-7-3-2-4-8-16)10-11-23-17-9-5-6-15(12-17)13-22/h3-14,17H,15-16,18-19H2,1-2H3,(H,33,34);2-9,12-13H,10-11H2,1H3. The first-order chi connectivity index (χ1) is 29.7. The molecule has 0 aliphatic carbocycles. The average Bonchev–Trinajstić information content (AvgIpc) is 3.85. The Balaban J connectivity index is 0.000000230. The van der Waals surface area contributed by atoms with Gasteiger partial charge in [0, 0.05) is 24.9 Å². The van der Waals surface area contributed by atoms with Gasteiger partial charge in [0.1, 0.15) is 35.8 Å². The quantitative estimate of drug-likeness (QED) is 0.0910. The van der Waals surface area contributed by atoms with Gasteiger partial charge in [-0.05, 0) is 92.2 Å². The fourth-order valence-electron chi connectivity index (χ4n) is 5.95. The third-order valence-electron chi connectivity index (χ3n) is 9.06. The van der Waals surface area contributed by atoms with Gasteiger partial charge in [-0.25, -0.2) is 4.79 Å². The first kappa shape index (κ1) is 42.8. The van der Waals surface area contributed by atoms with Crippen LogP contribution < -0.4 is 18.9 Å². The van der Waals surface area contributed by atoms with E-state index in [1.807, 2.05) is 80.6 Å². The summed E-state index contributed by atoms with van der Waals surface area (Å²) >= 11 is 0. The number of carbonyl (C=O) groups is 3. The predicted octanol–water partition coefficient (Wildman–Crippen LogP) is 7.30. The molecule has 7 rings (SSSR count). The van der Waals surface area contributed by atoms with Crippen molar-refractivity contribution in [3.05, 3.63) is 167 Å². The van der Waals surface area contributed by atoms with Crippen molar-refractivity contribution in [3.63, 3.8) is 0 Å². The first-order valence-corrected chi connectivity index (χ1v) is 19.4. The summed E-state index contributed by atoms with van der Waals surface area (Å²) in [6, 6.07) is 40.2. The summed E-state index contributed by atoms with van der Waals surface area (Å²) in [6.07, 6.45) is 1.25. The second-order valence-corrected chi connectivity index (χ2v) is 13.5. The van der Waals surface area contributed by atoms with Crippen LogP contribution in [0.25, 0.3) is 11.4 Å². The minimum Gasteiger partial charge on any atom is -0.497 e. The van der Waals surface area contributed by atoms with Crippen LogP contribution in [0.4, 0.5) is 4.79 Å². The molecule has 5 aromatic carbocycles. The number of aromatic nitrogens is 6. The van der Waals surface area contributed by atoms with Crippen LogP contribution in [0, 0.1) is 13.8 Å². The van der Waals surface area contributed by atoms with Crippen molar-refractivity contribution in [1.29, 1.82) is 0 Å². The summed E-state index contributed by atoms with van der Waals surface area (Å²) in [5.41, 5.74) is 6.56. The Labute approximate surface area is 352 Å². The zero-order valence-electron chi connectivity index (χ0n) is 34.0. The van der Waals surface area contributed by atoms with Gasteiger partial charge in [0.25, 0.3) is 0 Å². The lowest BCUT2D eigenvalue weighted by Crippen LogP contribution is -2.37. The molecule has 0 aliphatic rings. The third kappa shape index (κ3) is 12.6. The lowest BCUT2D eigenvalue weighted by Gasteiger charge is -2.20. The van der Waals surface area contributed by atoms with Gasteiger partial charge in [-0.15, -0.1) is 0 Å². The molecule has 0 unspecified atom stereocenters. The molecule has 0 fully saturated rings. The number of aryl methyl sites for hydroxylation is 2. The van der Waals surface area contributed by atoms with Crippen LogP contribution in [0.1, 0.15) is 38.7 Å². The van der Waals surface area contributed by atoms with Crippen LogP contribution in [0.5, 0.6) is 23.0 Å². The van der Waals surface area contributed by atoms with Gasteiger partial charge in [0.05, 0.1) is 54.5 Å². The molecule has 0 radical (unpaired) electrons. The Hall–Kier alpha value is -7.81. The molecule has 0 saturated carbocycles. The molecule has 0 bridgehead atoms. The van der Waals surface area contributed by atoms with Crippen LogP contribution in [0.15, 0.2) is 133 Å². The van der Waals surface area contributed by atoms with Gasteiger partial charge < -0.3 is 24.1 Å². The van der Waals surface area contributed by atoms with E-state index in [2.05, 4.69) is 20.4 Å². The Bertz CT molecular complexity index is 2510. The van der Waals surface area contributed by atoms with Crippen LogP contribution in [0.3, 0.4) is 0 Å². The molecule has 0 spiro atoms. The summed E-state index contributed by atoms with van der Waals surface area (Å²) < 4.78 is 22.1. The van der Waals surface area contributed by atoms with E-state index < -0.39 is 18.6 Å². The number of hydrogen-bond donors (Lipinski definition) is 1. The molecule has 312 valence electrons. The highest BCUT2D eigenvalue weighted by Gasteiger charge is 2.20. The number of para-hydroxylation sites is 2. The summed E-state index contributed by atoms with van der Waals surface area (Å²) in [7, 11) is 1.53. The van der Waals surface area contributed by atoms with Crippen molar-refractivity contribution in [2.45, 2.75) is 33.2 Å². The van der Waals surface area contributed by atoms with Crippen molar-refractivity contribution in [3.8, 4) is 34.4 Å².